The third kappa shape index (κ3) is 5.25. The maximum Gasteiger partial charge on any atom is -0.0386 e. The van der Waals surface area contributed by atoms with Crippen LogP contribution in [-0.4, -0.2) is 0 Å². The minimum absolute atomic E-state index is 1.07. The molecule has 0 amide bonds. The first-order valence-electron chi connectivity index (χ1n) is 11.8. The monoisotopic (exact) mass is 332 g/mol. The van der Waals surface area contributed by atoms with Gasteiger partial charge in [-0.25, -0.2) is 0 Å². The molecule has 3 rings (SSSR count). The van der Waals surface area contributed by atoms with E-state index in [1.165, 1.54) is 25.7 Å². The van der Waals surface area contributed by atoms with Gasteiger partial charge in [-0.1, -0.05) is 90.9 Å². The maximum absolute atomic E-state index is 2.39. The smallest absolute Gasteiger partial charge is 0.0386 e. The molecule has 3 saturated carbocycles. The molecule has 0 unspecified atom stereocenters. The highest BCUT2D eigenvalue weighted by Gasteiger charge is 2.30. The molecule has 0 spiro atoms. The van der Waals surface area contributed by atoms with E-state index in [4.69, 9.17) is 0 Å². The lowest BCUT2D eigenvalue weighted by molar-refractivity contribution is 0.137. The molecule has 0 N–H and O–H groups in total. The average molecular weight is 333 g/mol. The lowest BCUT2D eigenvalue weighted by Crippen LogP contribution is -2.26. The fourth-order valence-electron chi connectivity index (χ4n) is 6.42. The summed E-state index contributed by atoms with van der Waals surface area (Å²) < 4.78 is 0. The fraction of sp³-hybridized carbons (Fsp3) is 1.00. The highest BCUT2D eigenvalue weighted by Crippen LogP contribution is 2.43. The van der Waals surface area contributed by atoms with E-state index in [1.54, 1.807) is 77.0 Å². The largest absolute Gasteiger partial charge is 0.0651 e. The second-order valence-corrected chi connectivity index (χ2v) is 9.84. The van der Waals surface area contributed by atoms with Crippen LogP contribution >= 0.6 is 0 Å². The first-order chi connectivity index (χ1) is 11.8. The van der Waals surface area contributed by atoms with E-state index in [-0.39, 0.29) is 0 Å². The van der Waals surface area contributed by atoms with E-state index in [2.05, 4.69) is 13.8 Å². The van der Waals surface area contributed by atoms with E-state index >= 15 is 0 Å². The van der Waals surface area contributed by atoms with Crippen LogP contribution < -0.4 is 0 Å². The highest BCUT2D eigenvalue weighted by molar-refractivity contribution is 4.82. The normalized spacial score (nSPS) is 41.2. The van der Waals surface area contributed by atoms with Gasteiger partial charge in [-0.05, 0) is 61.2 Å². The van der Waals surface area contributed by atoms with Gasteiger partial charge in [0.25, 0.3) is 0 Å². The van der Waals surface area contributed by atoms with Gasteiger partial charge >= 0.3 is 0 Å². The summed E-state index contributed by atoms with van der Waals surface area (Å²) in [5.41, 5.74) is 0. The maximum atomic E-state index is 2.39. The molecule has 0 bridgehead atoms. The Hall–Kier alpha value is 0. The number of rotatable bonds is 6. The van der Waals surface area contributed by atoms with Gasteiger partial charge in [0.05, 0.1) is 0 Å². The molecular weight excluding hydrogens is 288 g/mol. The van der Waals surface area contributed by atoms with Crippen molar-refractivity contribution in [1.82, 2.24) is 0 Å². The predicted octanol–water partition coefficient (Wildman–Crippen LogP) is 8.01. The lowest BCUT2D eigenvalue weighted by atomic mass is 9.68. The first-order valence-corrected chi connectivity index (χ1v) is 11.8. The summed E-state index contributed by atoms with van der Waals surface area (Å²) in [6.07, 6.45) is 24.7. The summed E-state index contributed by atoms with van der Waals surface area (Å²) in [5, 5.41) is 0. The van der Waals surface area contributed by atoms with Gasteiger partial charge < -0.3 is 0 Å². The van der Waals surface area contributed by atoms with Crippen LogP contribution in [0, 0.1) is 35.5 Å². The van der Waals surface area contributed by atoms with E-state index < -0.39 is 0 Å². The van der Waals surface area contributed by atoms with Crippen molar-refractivity contribution in [2.75, 3.05) is 0 Å². The van der Waals surface area contributed by atoms with Crippen molar-refractivity contribution in [2.45, 2.75) is 117 Å². The summed E-state index contributed by atoms with van der Waals surface area (Å²) in [4.78, 5) is 0. The fourth-order valence-corrected chi connectivity index (χ4v) is 6.42. The summed E-state index contributed by atoms with van der Waals surface area (Å²) in [7, 11) is 0. The molecule has 24 heavy (non-hydrogen) atoms. The predicted molar refractivity (Wildman–Crippen MR) is 106 cm³/mol. The third-order valence-electron chi connectivity index (χ3n) is 8.55. The summed E-state index contributed by atoms with van der Waals surface area (Å²) in [6.45, 7) is 4.78. The Morgan fingerprint density at radius 2 is 0.708 bits per heavy atom. The standard InChI is InChI=1S/C24H44/c1-3-19-5-7-21(8-6-19)9-10-22-13-17-24(18-14-22)23-15-11-20(4-2)12-16-23/h19-24H,3-18H2,1-2H3. The van der Waals surface area contributed by atoms with Crippen LogP contribution in [0.4, 0.5) is 0 Å². The van der Waals surface area contributed by atoms with Gasteiger partial charge in [-0.15, -0.1) is 0 Å². The van der Waals surface area contributed by atoms with Crippen LogP contribution in [0.25, 0.3) is 0 Å². The quantitative estimate of drug-likeness (QED) is 0.462. The molecule has 0 saturated heterocycles. The molecule has 3 aliphatic carbocycles. The molecule has 140 valence electrons. The van der Waals surface area contributed by atoms with Gasteiger partial charge in [0.2, 0.25) is 0 Å². The van der Waals surface area contributed by atoms with Gasteiger partial charge in [0.1, 0.15) is 0 Å². The zero-order chi connectivity index (χ0) is 16.8. The average Bonchev–Trinajstić information content (AvgIpc) is 2.67. The third-order valence-corrected chi connectivity index (χ3v) is 8.55. The number of hydrogen-bond acceptors (Lipinski definition) is 0. The minimum atomic E-state index is 1.07. The van der Waals surface area contributed by atoms with E-state index in [9.17, 15) is 0 Å². The van der Waals surface area contributed by atoms with Crippen molar-refractivity contribution in [2.24, 2.45) is 35.5 Å². The van der Waals surface area contributed by atoms with Crippen LogP contribution in [0.15, 0.2) is 0 Å². The van der Waals surface area contributed by atoms with E-state index in [1.807, 2.05) is 0 Å². The van der Waals surface area contributed by atoms with Crippen molar-refractivity contribution in [3.8, 4) is 0 Å². The zero-order valence-electron chi connectivity index (χ0n) is 16.8. The Labute approximate surface area is 152 Å². The number of hydrogen-bond donors (Lipinski definition) is 0. The minimum Gasteiger partial charge on any atom is -0.0651 e. The Bertz CT molecular complexity index is 322. The molecule has 0 aromatic rings. The van der Waals surface area contributed by atoms with E-state index in [0.717, 1.165) is 35.5 Å². The Morgan fingerprint density at radius 3 is 1.08 bits per heavy atom. The Balaban J connectivity index is 1.30. The molecule has 0 nitrogen and oxygen atoms in total. The molecule has 0 aromatic heterocycles. The van der Waals surface area contributed by atoms with Crippen molar-refractivity contribution in [1.29, 1.82) is 0 Å². The van der Waals surface area contributed by atoms with Crippen LogP contribution in [0.2, 0.25) is 0 Å². The van der Waals surface area contributed by atoms with Crippen LogP contribution in [0.3, 0.4) is 0 Å². The lowest BCUT2D eigenvalue weighted by Gasteiger charge is -2.38. The zero-order valence-corrected chi connectivity index (χ0v) is 16.8. The van der Waals surface area contributed by atoms with Crippen LogP contribution in [0.1, 0.15) is 117 Å². The molecule has 0 radical (unpaired) electrons. The second kappa shape index (κ2) is 9.63. The summed E-state index contributed by atoms with van der Waals surface area (Å²) in [5.74, 6) is 6.55. The molecule has 3 aliphatic rings. The molecule has 0 aromatic carbocycles. The second-order valence-electron chi connectivity index (χ2n) is 9.84. The first kappa shape index (κ1) is 18.8. The molecule has 0 atom stereocenters. The topological polar surface area (TPSA) is 0 Å². The van der Waals surface area contributed by atoms with Crippen molar-refractivity contribution in [3.05, 3.63) is 0 Å². The van der Waals surface area contributed by atoms with Crippen molar-refractivity contribution in [3.63, 3.8) is 0 Å². The van der Waals surface area contributed by atoms with Gasteiger partial charge in [0, 0.05) is 0 Å². The van der Waals surface area contributed by atoms with Crippen LogP contribution in [-0.2, 0) is 0 Å². The molecular formula is C24H44. The highest BCUT2D eigenvalue weighted by atomic mass is 14.4. The van der Waals surface area contributed by atoms with Crippen molar-refractivity contribution < 1.29 is 0 Å². The van der Waals surface area contributed by atoms with E-state index in [0.29, 0.717) is 0 Å². The molecule has 0 aliphatic heterocycles. The van der Waals surface area contributed by atoms with Gasteiger partial charge in [-0.2, -0.15) is 0 Å². The SMILES string of the molecule is CCC1CCC(CCC2CCC(C3CCC(CC)CC3)CC2)CC1. The van der Waals surface area contributed by atoms with Gasteiger partial charge in [0.15, 0.2) is 0 Å². The molecule has 0 heteroatoms. The summed E-state index contributed by atoms with van der Waals surface area (Å²) in [6, 6.07) is 0. The van der Waals surface area contributed by atoms with Gasteiger partial charge in [-0.3, -0.25) is 0 Å². The molecule has 0 heterocycles. The van der Waals surface area contributed by atoms with Crippen LogP contribution in [0.5, 0.6) is 0 Å². The molecule has 3 fully saturated rings. The Morgan fingerprint density at radius 1 is 0.417 bits per heavy atom. The Kier molecular flexibility index (Phi) is 7.54. The summed E-state index contributed by atoms with van der Waals surface area (Å²) >= 11 is 0. The van der Waals surface area contributed by atoms with Crippen molar-refractivity contribution >= 4 is 0 Å².